The Morgan fingerprint density at radius 3 is 2.48 bits per heavy atom. The number of esters is 1. The van der Waals surface area contributed by atoms with E-state index in [2.05, 4.69) is 0 Å². The molecule has 0 atom stereocenters. The van der Waals surface area contributed by atoms with E-state index in [0.29, 0.717) is 28.3 Å². The highest BCUT2D eigenvalue weighted by atomic mass is 35.5. The normalized spacial score (nSPS) is 11.4. The predicted molar refractivity (Wildman–Crippen MR) is 100 cm³/mol. The van der Waals surface area contributed by atoms with Crippen LogP contribution < -0.4 is 4.74 Å². The summed E-state index contributed by atoms with van der Waals surface area (Å²) in [7, 11) is -1.33. The van der Waals surface area contributed by atoms with Crippen LogP contribution in [0.4, 0.5) is 0 Å². The third-order valence-corrected chi connectivity index (χ3v) is 5.50. The van der Waals surface area contributed by atoms with E-state index in [9.17, 15) is 13.2 Å². The lowest BCUT2D eigenvalue weighted by Gasteiger charge is -2.14. The maximum absolute atomic E-state index is 12.2. The summed E-state index contributed by atoms with van der Waals surface area (Å²) in [4.78, 5) is 16.8. The molecule has 2 aromatic carbocycles. The van der Waals surface area contributed by atoms with Crippen LogP contribution in [0.1, 0.15) is 16.8 Å². The van der Waals surface area contributed by atoms with Crippen LogP contribution in [0.5, 0.6) is 5.75 Å². The van der Waals surface area contributed by atoms with Crippen molar-refractivity contribution in [1.29, 1.82) is 0 Å². The summed E-state index contributed by atoms with van der Waals surface area (Å²) in [6, 6.07) is 12.5. The first-order valence-electron chi connectivity index (χ1n) is 8.03. The Balaban J connectivity index is 1.85. The smallest absolute Gasteiger partial charge is 0.338 e. The van der Waals surface area contributed by atoms with E-state index in [1.54, 1.807) is 24.3 Å². The van der Waals surface area contributed by atoms with Crippen LogP contribution in [0.25, 0.3) is 0 Å². The molecule has 0 aliphatic heterocycles. The van der Waals surface area contributed by atoms with Gasteiger partial charge in [-0.25, -0.2) is 13.2 Å². The number of benzene rings is 2. The molecule has 0 aliphatic rings. The topological polar surface area (TPSA) is 82.1 Å². The molecule has 27 heavy (non-hydrogen) atoms. The molecule has 146 valence electrons. The summed E-state index contributed by atoms with van der Waals surface area (Å²) < 4.78 is 35.8. The van der Waals surface area contributed by atoms with Crippen molar-refractivity contribution >= 4 is 27.6 Å². The maximum atomic E-state index is 12.2. The summed E-state index contributed by atoms with van der Waals surface area (Å²) in [6.07, 6.45) is 0.485. The first-order chi connectivity index (χ1) is 12.8. The van der Waals surface area contributed by atoms with Gasteiger partial charge in [-0.05, 0) is 42.5 Å². The Labute approximate surface area is 163 Å². The predicted octanol–water partition coefficient (Wildman–Crippen LogP) is 3.15. The van der Waals surface area contributed by atoms with E-state index < -0.39 is 16.0 Å². The van der Waals surface area contributed by atoms with Gasteiger partial charge in [0.2, 0.25) is 0 Å². The Kier molecular flexibility index (Phi) is 7.61. The average molecular weight is 414 g/mol. The molecule has 2 rings (SSSR count). The summed E-state index contributed by atoms with van der Waals surface area (Å²) in [5, 5.41) is 0.622. The Morgan fingerprint density at radius 2 is 1.81 bits per heavy atom. The number of nitrogens with zero attached hydrogens (tertiary/aromatic N) is 1. The minimum Gasteiger partial charge on any atom is -0.493 e. The highest BCUT2D eigenvalue weighted by molar-refractivity contribution is 7.89. The third kappa shape index (κ3) is 5.93. The summed E-state index contributed by atoms with van der Waals surface area (Å²) in [6.45, 7) is 0.503. The molecule has 0 fully saturated rings. The molecular formula is C18H20ClNO6S. The van der Waals surface area contributed by atoms with Crippen molar-refractivity contribution in [3.05, 3.63) is 59.1 Å². The molecule has 9 heteroatoms. The van der Waals surface area contributed by atoms with Gasteiger partial charge in [-0.2, -0.15) is 0 Å². The molecule has 0 unspecified atom stereocenters. The Bertz CT molecular complexity index is 870. The first kappa shape index (κ1) is 21.2. The number of sulfonamides is 1. The van der Waals surface area contributed by atoms with Gasteiger partial charge in [0.25, 0.3) is 10.0 Å². The van der Waals surface area contributed by atoms with E-state index in [1.165, 1.54) is 38.4 Å². The minimum absolute atomic E-state index is 0.0626. The van der Waals surface area contributed by atoms with Gasteiger partial charge in [0.1, 0.15) is 5.75 Å². The van der Waals surface area contributed by atoms with E-state index in [-0.39, 0.29) is 17.1 Å². The highest BCUT2D eigenvalue weighted by Crippen LogP contribution is 2.17. The van der Waals surface area contributed by atoms with Gasteiger partial charge in [-0.1, -0.05) is 22.1 Å². The SMILES string of the molecule is CON(C)S(=O)(=O)c1cccc(C(=O)OCCCOc2ccc(Cl)cc2)c1. The van der Waals surface area contributed by atoms with E-state index >= 15 is 0 Å². The van der Waals surface area contributed by atoms with Crippen LogP contribution in [-0.2, 0) is 19.6 Å². The van der Waals surface area contributed by atoms with Gasteiger partial charge in [0.05, 0.1) is 30.8 Å². The number of halogens is 1. The van der Waals surface area contributed by atoms with Crippen molar-refractivity contribution in [2.45, 2.75) is 11.3 Å². The van der Waals surface area contributed by atoms with Crippen molar-refractivity contribution in [2.24, 2.45) is 0 Å². The fourth-order valence-electron chi connectivity index (χ4n) is 2.06. The lowest BCUT2D eigenvalue weighted by Crippen LogP contribution is -2.26. The molecule has 0 heterocycles. The number of hydrogen-bond donors (Lipinski definition) is 0. The molecule has 0 saturated heterocycles. The molecule has 7 nitrogen and oxygen atoms in total. The lowest BCUT2D eigenvalue weighted by atomic mass is 10.2. The fraction of sp³-hybridized carbons (Fsp3) is 0.278. The van der Waals surface area contributed by atoms with Gasteiger partial charge >= 0.3 is 5.97 Å². The molecule has 0 N–H and O–H groups in total. The number of rotatable bonds is 9. The standard InChI is InChI=1S/C18H20ClNO6S/c1-20(24-2)27(22,23)17-6-3-5-14(13-17)18(21)26-12-4-11-25-16-9-7-15(19)8-10-16/h3,5-10,13H,4,11-12H2,1-2H3. The van der Waals surface area contributed by atoms with Gasteiger partial charge in [0, 0.05) is 18.5 Å². The number of carbonyl (C=O) groups is 1. The second kappa shape index (κ2) is 9.70. The molecule has 0 aromatic heterocycles. The molecule has 0 amide bonds. The minimum atomic E-state index is -3.83. The molecular weight excluding hydrogens is 394 g/mol. The van der Waals surface area contributed by atoms with Crippen LogP contribution in [0.3, 0.4) is 0 Å². The number of hydroxylamine groups is 1. The van der Waals surface area contributed by atoms with E-state index in [0.717, 1.165) is 0 Å². The summed E-state index contributed by atoms with van der Waals surface area (Å²) >= 11 is 5.79. The van der Waals surface area contributed by atoms with Crippen molar-refractivity contribution in [3.63, 3.8) is 0 Å². The zero-order valence-corrected chi connectivity index (χ0v) is 16.5. The van der Waals surface area contributed by atoms with Gasteiger partial charge in [-0.3, -0.25) is 4.84 Å². The van der Waals surface area contributed by atoms with Gasteiger partial charge in [0.15, 0.2) is 0 Å². The molecule has 0 radical (unpaired) electrons. The van der Waals surface area contributed by atoms with Crippen LogP contribution in [-0.4, -0.2) is 46.2 Å². The highest BCUT2D eigenvalue weighted by Gasteiger charge is 2.22. The largest absolute Gasteiger partial charge is 0.493 e. The van der Waals surface area contributed by atoms with Crippen LogP contribution in [0.15, 0.2) is 53.4 Å². The second-order valence-electron chi connectivity index (χ2n) is 5.42. The fourth-order valence-corrected chi connectivity index (χ4v) is 3.20. The lowest BCUT2D eigenvalue weighted by molar-refractivity contribution is -0.0258. The van der Waals surface area contributed by atoms with Crippen LogP contribution in [0, 0.1) is 0 Å². The quantitative estimate of drug-likeness (QED) is 0.357. The zero-order chi connectivity index (χ0) is 19.9. The number of hydrogen-bond acceptors (Lipinski definition) is 6. The monoisotopic (exact) mass is 413 g/mol. The molecule has 0 aliphatic carbocycles. The summed E-state index contributed by atoms with van der Waals surface area (Å²) in [5.41, 5.74) is 0.138. The van der Waals surface area contributed by atoms with Crippen molar-refractivity contribution in [3.8, 4) is 5.75 Å². The molecule has 0 bridgehead atoms. The number of ether oxygens (including phenoxy) is 2. The second-order valence-corrected chi connectivity index (χ2v) is 7.79. The molecule has 0 spiro atoms. The van der Waals surface area contributed by atoms with Crippen molar-refractivity contribution in [1.82, 2.24) is 4.47 Å². The van der Waals surface area contributed by atoms with Gasteiger partial charge in [-0.15, -0.1) is 0 Å². The molecule has 0 saturated carbocycles. The Morgan fingerprint density at radius 1 is 1.11 bits per heavy atom. The van der Waals surface area contributed by atoms with Crippen molar-refractivity contribution in [2.75, 3.05) is 27.4 Å². The van der Waals surface area contributed by atoms with Crippen LogP contribution in [0.2, 0.25) is 5.02 Å². The third-order valence-electron chi connectivity index (χ3n) is 3.57. The van der Waals surface area contributed by atoms with Crippen molar-refractivity contribution < 1.29 is 27.5 Å². The number of carbonyl (C=O) groups excluding carboxylic acids is 1. The molecule has 2 aromatic rings. The van der Waals surface area contributed by atoms with E-state index in [4.69, 9.17) is 25.9 Å². The summed E-state index contributed by atoms with van der Waals surface area (Å²) in [5.74, 6) is 0.0597. The Hall–Kier alpha value is -2.13. The first-order valence-corrected chi connectivity index (χ1v) is 9.85. The van der Waals surface area contributed by atoms with E-state index in [1.807, 2.05) is 0 Å². The maximum Gasteiger partial charge on any atom is 0.338 e. The van der Waals surface area contributed by atoms with Crippen LogP contribution >= 0.6 is 11.6 Å². The van der Waals surface area contributed by atoms with Gasteiger partial charge < -0.3 is 9.47 Å². The average Bonchev–Trinajstić information content (AvgIpc) is 2.68. The zero-order valence-electron chi connectivity index (χ0n) is 14.9.